The third-order valence-electron chi connectivity index (χ3n) is 4.23. The largest absolute Gasteiger partial charge is 0.462 e. The highest BCUT2D eigenvalue weighted by molar-refractivity contribution is 6.16. The van der Waals surface area contributed by atoms with Crippen molar-refractivity contribution in [3.63, 3.8) is 0 Å². The summed E-state index contributed by atoms with van der Waals surface area (Å²) in [4.78, 5) is 28.9. The van der Waals surface area contributed by atoms with Gasteiger partial charge in [0.15, 0.2) is 0 Å². The first-order valence-electron chi connectivity index (χ1n) is 8.59. The summed E-state index contributed by atoms with van der Waals surface area (Å²) in [5.41, 5.74) is 3.19. The van der Waals surface area contributed by atoms with Crippen molar-refractivity contribution in [2.45, 2.75) is 13.8 Å². The van der Waals surface area contributed by atoms with Gasteiger partial charge in [0.2, 0.25) is 0 Å². The minimum absolute atomic E-state index is 0.209. The van der Waals surface area contributed by atoms with Crippen LogP contribution in [0, 0.1) is 0 Å². The Morgan fingerprint density at radius 2 is 1.88 bits per heavy atom. The molecule has 1 aliphatic rings. The molecule has 0 atom stereocenters. The van der Waals surface area contributed by atoms with Crippen LogP contribution >= 0.6 is 0 Å². The second-order valence-electron chi connectivity index (χ2n) is 6.17. The van der Waals surface area contributed by atoms with Crippen LogP contribution in [0.5, 0.6) is 0 Å². The van der Waals surface area contributed by atoms with Crippen LogP contribution in [0.4, 0.5) is 5.69 Å². The number of hydrogen-bond acceptors (Lipinski definition) is 5. The van der Waals surface area contributed by atoms with Gasteiger partial charge in [-0.2, -0.15) is 0 Å². The molecule has 26 heavy (non-hydrogen) atoms. The average molecular weight is 358 g/mol. The van der Waals surface area contributed by atoms with Gasteiger partial charge in [0.05, 0.1) is 24.4 Å². The Hall–Kier alpha value is -2.60. The molecule has 0 bridgehead atoms. The van der Waals surface area contributed by atoms with Gasteiger partial charge >= 0.3 is 5.97 Å². The molecule has 0 aliphatic carbocycles. The van der Waals surface area contributed by atoms with E-state index >= 15 is 0 Å². The third kappa shape index (κ3) is 4.14. The minimum atomic E-state index is -0.477. The molecule has 6 nitrogen and oxygen atoms in total. The maximum Gasteiger partial charge on any atom is 0.340 e. The van der Waals surface area contributed by atoms with E-state index in [1.54, 1.807) is 31.9 Å². The van der Waals surface area contributed by atoms with Gasteiger partial charge in [0.1, 0.15) is 0 Å². The summed E-state index contributed by atoms with van der Waals surface area (Å²) >= 11 is 0. The fourth-order valence-electron chi connectivity index (χ4n) is 2.82. The molecule has 0 saturated heterocycles. The first-order valence-corrected chi connectivity index (χ1v) is 8.59. The van der Waals surface area contributed by atoms with Gasteiger partial charge in [-0.25, -0.2) is 4.79 Å². The second-order valence-corrected chi connectivity index (χ2v) is 6.17. The maximum atomic E-state index is 12.9. The summed E-state index contributed by atoms with van der Waals surface area (Å²) in [5.74, 6) is -0.686. The standard InChI is InChI=1S/C20H26N2O4/c1-6-26-20(24)18-14(2)22(11-12-25-5)19(23)17(18)13-15-7-9-16(10-8-15)21(3)4/h7-10,13H,6,11-12H2,1-5H3/b17-13-. The van der Waals surface area contributed by atoms with Crippen molar-refractivity contribution >= 4 is 23.6 Å². The number of rotatable bonds is 7. The molecule has 2 rings (SSSR count). The number of hydrogen-bond donors (Lipinski definition) is 0. The first kappa shape index (κ1) is 19.7. The molecule has 1 amide bonds. The van der Waals surface area contributed by atoms with E-state index < -0.39 is 5.97 Å². The Morgan fingerprint density at radius 3 is 2.42 bits per heavy atom. The van der Waals surface area contributed by atoms with Crippen molar-refractivity contribution in [2.75, 3.05) is 45.9 Å². The van der Waals surface area contributed by atoms with E-state index in [9.17, 15) is 9.59 Å². The molecule has 0 radical (unpaired) electrons. The molecule has 0 N–H and O–H groups in total. The van der Waals surface area contributed by atoms with Crippen LogP contribution in [-0.4, -0.2) is 57.7 Å². The van der Waals surface area contributed by atoms with Crippen LogP contribution in [0.25, 0.3) is 6.08 Å². The Balaban J connectivity index is 2.42. The smallest absolute Gasteiger partial charge is 0.340 e. The Labute approximate surface area is 154 Å². The van der Waals surface area contributed by atoms with Gasteiger partial charge in [-0.1, -0.05) is 12.1 Å². The number of esters is 1. The lowest BCUT2D eigenvalue weighted by atomic mass is 10.0. The van der Waals surface area contributed by atoms with E-state index in [4.69, 9.17) is 9.47 Å². The number of ether oxygens (including phenoxy) is 2. The number of carbonyl (C=O) groups excluding carboxylic acids is 2. The molecule has 1 aromatic carbocycles. The molecule has 0 aromatic heterocycles. The predicted octanol–water partition coefficient (Wildman–Crippen LogP) is 2.46. The van der Waals surface area contributed by atoms with Crippen LogP contribution in [0.2, 0.25) is 0 Å². The molecule has 1 aliphatic heterocycles. The summed E-state index contributed by atoms with van der Waals surface area (Å²) in [6.07, 6.45) is 1.74. The fraction of sp³-hybridized carbons (Fsp3) is 0.400. The molecule has 0 spiro atoms. The highest BCUT2D eigenvalue weighted by Crippen LogP contribution is 2.31. The lowest BCUT2D eigenvalue weighted by Gasteiger charge is -2.16. The highest BCUT2D eigenvalue weighted by Gasteiger charge is 2.36. The van der Waals surface area contributed by atoms with Crippen LogP contribution in [0.3, 0.4) is 0 Å². The summed E-state index contributed by atoms with van der Waals surface area (Å²) in [7, 11) is 5.51. The van der Waals surface area contributed by atoms with Crippen LogP contribution in [0.15, 0.2) is 41.1 Å². The molecule has 1 heterocycles. The number of nitrogens with zero attached hydrogens (tertiary/aromatic N) is 2. The zero-order valence-corrected chi connectivity index (χ0v) is 16.0. The van der Waals surface area contributed by atoms with Crippen molar-refractivity contribution in [1.29, 1.82) is 0 Å². The zero-order valence-electron chi connectivity index (χ0n) is 16.0. The topological polar surface area (TPSA) is 59.1 Å². The molecule has 140 valence electrons. The maximum absolute atomic E-state index is 12.9. The Kier molecular flexibility index (Phi) is 6.58. The summed E-state index contributed by atoms with van der Waals surface area (Å²) in [6.45, 7) is 4.55. The molecule has 0 fully saturated rings. The molecular weight excluding hydrogens is 332 g/mol. The van der Waals surface area contributed by atoms with Crippen molar-refractivity contribution in [3.8, 4) is 0 Å². The minimum Gasteiger partial charge on any atom is -0.462 e. The highest BCUT2D eigenvalue weighted by atomic mass is 16.5. The van der Waals surface area contributed by atoms with Gasteiger partial charge in [-0.3, -0.25) is 4.79 Å². The lowest BCUT2D eigenvalue weighted by molar-refractivity contribution is -0.138. The lowest BCUT2D eigenvalue weighted by Crippen LogP contribution is -2.28. The van der Waals surface area contributed by atoms with E-state index in [1.165, 1.54) is 0 Å². The van der Waals surface area contributed by atoms with E-state index in [-0.39, 0.29) is 12.5 Å². The van der Waals surface area contributed by atoms with Crippen molar-refractivity contribution in [2.24, 2.45) is 0 Å². The monoisotopic (exact) mass is 358 g/mol. The number of methoxy groups -OCH3 is 1. The molecule has 1 aromatic rings. The number of amides is 1. The van der Waals surface area contributed by atoms with Gasteiger partial charge in [-0.15, -0.1) is 0 Å². The molecule has 6 heteroatoms. The van der Waals surface area contributed by atoms with Gasteiger partial charge < -0.3 is 19.3 Å². The third-order valence-corrected chi connectivity index (χ3v) is 4.23. The van der Waals surface area contributed by atoms with Gasteiger partial charge in [0, 0.05) is 39.1 Å². The summed E-state index contributed by atoms with van der Waals surface area (Å²) in [6, 6.07) is 7.78. The zero-order chi connectivity index (χ0) is 19.3. The Bertz CT molecular complexity index is 733. The molecule has 0 unspecified atom stereocenters. The van der Waals surface area contributed by atoms with Crippen LogP contribution < -0.4 is 4.90 Å². The van der Waals surface area contributed by atoms with E-state index in [2.05, 4.69) is 0 Å². The van der Waals surface area contributed by atoms with Crippen LogP contribution in [-0.2, 0) is 19.1 Å². The van der Waals surface area contributed by atoms with Crippen molar-refractivity contribution < 1.29 is 19.1 Å². The van der Waals surface area contributed by atoms with Crippen LogP contribution in [0.1, 0.15) is 19.4 Å². The summed E-state index contributed by atoms with van der Waals surface area (Å²) < 4.78 is 10.2. The quantitative estimate of drug-likeness (QED) is 0.554. The van der Waals surface area contributed by atoms with Crippen molar-refractivity contribution in [3.05, 3.63) is 46.7 Å². The van der Waals surface area contributed by atoms with E-state index in [1.807, 2.05) is 43.3 Å². The Morgan fingerprint density at radius 1 is 1.23 bits per heavy atom. The molecule has 0 saturated carbocycles. The summed E-state index contributed by atoms with van der Waals surface area (Å²) in [5, 5.41) is 0. The second kappa shape index (κ2) is 8.67. The molecular formula is C20H26N2O4. The first-order chi connectivity index (χ1) is 12.4. The van der Waals surface area contributed by atoms with Gasteiger partial charge in [0.25, 0.3) is 5.91 Å². The normalized spacial score (nSPS) is 15.8. The number of allylic oxidation sites excluding steroid dienone is 1. The number of carbonyl (C=O) groups is 2. The number of anilines is 1. The predicted molar refractivity (Wildman–Crippen MR) is 102 cm³/mol. The fourth-order valence-corrected chi connectivity index (χ4v) is 2.82. The van der Waals surface area contributed by atoms with Crippen molar-refractivity contribution in [1.82, 2.24) is 4.90 Å². The van der Waals surface area contributed by atoms with E-state index in [0.29, 0.717) is 30.0 Å². The number of benzene rings is 1. The average Bonchev–Trinajstić information content (AvgIpc) is 2.84. The van der Waals surface area contributed by atoms with E-state index in [0.717, 1.165) is 11.3 Å². The van der Waals surface area contributed by atoms with Gasteiger partial charge in [-0.05, 0) is 37.6 Å². The SMILES string of the molecule is CCOC(=O)C1=C(C)N(CCOC)C(=O)/C1=C\c1ccc(N(C)C)cc1.